The number of hydrogen-bond acceptors (Lipinski definition) is 5. The monoisotopic (exact) mass is 600 g/mol. The number of allylic oxidation sites excluding steroid dienone is 3. The number of halogens is 2. The van der Waals surface area contributed by atoms with E-state index in [0.717, 1.165) is 29.6 Å². The van der Waals surface area contributed by atoms with Crippen LogP contribution >= 0.6 is 35.0 Å². The minimum absolute atomic E-state index is 0.182. The fraction of sp³-hybridized carbons (Fsp3) is 0.0526. The molecule has 9 heteroatoms. The summed E-state index contributed by atoms with van der Waals surface area (Å²) in [6.45, 7) is 3.77. The van der Waals surface area contributed by atoms with Gasteiger partial charge in [0.1, 0.15) is 0 Å². The Hall–Kier alpha value is -1.72. The van der Waals surface area contributed by atoms with E-state index in [1.165, 1.54) is 11.8 Å². The predicted octanol–water partition coefficient (Wildman–Crippen LogP) is 5.02. The van der Waals surface area contributed by atoms with E-state index in [4.69, 9.17) is 23.2 Å². The van der Waals surface area contributed by atoms with E-state index in [2.05, 4.69) is 21.5 Å². The SMILES string of the molecule is C=C(Cl)/C(=C(/Cl)[CH]=[W])c1nc(-c2ccccc2)c(-c2ccnc(SC)n2)n1O. The van der Waals surface area contributed by atoms with Gasteiger partial charge >= 0.3 is 188 Å². The Labute approximate surface area is 187 Å². The molecule has 3 rings (SSSR count). The Balaban J connectivity index is 2.36. The van der Waals surface area contributed by atoms with E-state index in [1.54, 1.807) is 16.7 Å². The zero-order valence-corrected chi connectivity index (χ0v) is 19.9. The van der Waals surface area contributed by atoms with Crippen LogP contribution in [0.3, 0.4) is 0 Å². The molecule has 0 saturated heterocycles. The second-order valence-electron chi connectivity index (χ2n) is 5.48. The molecule has 0 bridgehead atoms. The summed E-state index contributed by atoms with van der Waals surface area (Å²) in [7, 11) is 0. The average molecular weight is 601 g/mol. The molecule has 0 atom stereocenters. The molecule has 3 aromatic rings. The van der Waals surface area contributed by atoms with Crippen LogP contribution in [0, 0.1) is 0 Å². The van der Waals surface area contributed by atoms with Crippen molar-refractivity contribution < 1.29 is 24.6 Å². The molecular weight excluding hydrogens is 587 g/mol. The van der Waals surface area contributed by atoms with Crippen molar-refractivity contribution in [2.45, 2.75) is 5.16 Å². The number of thioether (sulfide) groups is 1. The quantitative estimate of drug-likeness (QED) is 0.186. The second-order valence-corrected chi connectivity index (χ2v) is 7.97. The number of benzene rings is 1. The Bertz CT molecular complexity index is 1080. The summed E-state index contributed by atoms with van der Waals surface area (Å²) in [6, 6.07) is 11.2. The van der Waals surface area contributed by atoms with Crippen molar-refractivity contribution in [3.05, 3.63) is 65.1 Å². The van der Waals surface area contributed by atoms with Crippen LogP contribution in [0.1, 0.15) is 5.82 Å². The molecule has 142 valence electrons. The first-order chi connectivity index (χ1) is 13.5. The fourth-order valence-corrected chi connectivity index (χ4v) is 3.80. The summed E-state index contributed by atoms with van der Waals surface area (Å²) in [4.78, 5) is 13.4. The Morgan fingerprint density at radius 2 is 1.93 bits per heavy atom. The van der Waals surface area contributed by atoms with Crippen molar-refractivity contribution in [2.75, 3.05) is 6.26 Å². The van der Waals surface area contributed by atoms with Gasteiger partial charge in [-0.2, -0.15) is 0 Å². The zero-order valence-electron chi connectivity index (χ0n) is 14.6. The van der Waals surface area contributed by atoms with Crippen molar-refractivity contribution in [1.29, 1.82) is 0 Å². The van der Waals surface area contributed by atoms with E-state index in [9.17, 15) is 5.21 Å². The summed E-state index contributed by atoms with van der Waals surface area (Å²) < 4.78 is 2.70. The van der Waals surface area contributed by atoms with Gasteiger partial charge in [0.2, 0.25) is 0 Å². The number of hydrogen-bond donors (Lipinski definition) is 1. The van der Waals surface area contributed by atoms with Gasteiger partial charge in [-0.1, -0.05) is 0 Å². The Morgan fingerprint density at radius 3 is 2.54 bits per heavy atom. The molecule has 0 spiro atoms. The molecule has 0 unspecified atom stereocenters. The third kappa shape index (κ3) is 4.15. The molecule has 5 nitrogen and oxygen atoms in total. The summed E-state index contributed by atoms with van der Waals surface area (Å²) in [6.07, 6.45) is 3.53. The molecule has 0 fully saturated rings. The minimum atomic E-state index is 0.182. The van der Waals surface area contributed by atoms with Gasteiger partial charge in [0.25, 0.3) is 0 Å². The summed E-state index contributed by atoms with van der Waals surface area (Å²) in [5.41, 5.74) is 2.68. The molecule has 0 aliphatic heterocycles. The average Bonchev–Trinajstić information content (AvgIpc) is 3.05. The van der Waals surface area contributed by atoms with Crippen LogP contribution in [0.25, 0.3) is 28.2 Å². The van der Waals surface area contributed by atoms with Crippen molar-refractivity contribution in [3.63, 3.8) is 0 Å². The first-order valence-electron chi connectivity index (χ1n) is 7.92. The third-order valence-electron chi connectivity index (χ3n) is 3.80. The number of rotatable bonds is 6. The van der Waals surface area contributed by atoms with E-state index in [0.29, 0.717) is 32.8 Å². The Kier molecular flexibility index (Phi) is 6.89. The summed E-state index contributed by atoms with van der Waals surface area (Å²) in [5.74, 6) is 0.195. The van der Waals surface area contributed by atoms with Crippen LogP contribution in [0.5, 0.6) is 0 Å². The molecule has 1 aromatic carbocycles. The van der Waals surface area contributed by atoms with Gasteiger partial charge in [-0.3, -0.25) is 0 Å². The molecule has 2 aromatic heterocycles. The second kappa shape index (κ2) is 9.18. The van der Waals surface area contributed by atoms with Gasteiger partial charge < -0.3 is 0 Å². The molecule has 0 amide bonds. The van der Waals surface area contributed by atoms with Crippen LogP contribution in [0.4, 0.5) is 0 Å². The predicted molar refractivity (Wildman–Crippen MR) is 111 cm³/mol. The van der Waals surface area contributed by atoms with Crippen molar-refractivity contribution >= 4 is 44.9 Å². The maximum atomic E-state index is 11.0. The van der Waals surface area contributed by atoms with Gasteiger partial charge in [-0.05, 0) is 0 Å². The fourth-order valence-electron chi connectivity index (χ4n) is 2.59. The van der Waals surface area contributed by atoms with Crippen molar-refractivity contribution in [1.82, 2.24) is 19.7 Å². The third-order valence-corrected chi connectivity index (χ3v) is 6.21. The molecule has 2 heterocycles. The van der Waals surface area contributed by atoms with Crippen molar-refractivity contribution in [3.8, 4) is 22.6 Å². The van der Waals surface area contributed by atoms with E-state index < -0.39 is 0 Å². The van der Waals surface area contributed by atoms with Crippen LogP contribution in [0.15, 0.2) is 64.4 Å². The molecular formula is C19H14Cl2N4OSW. The molecule has 0 saturated carbocycles. The number of nitrogens with zero attached hydrogens (tertiary/aromatic N) is 4. The van der Waals surface area contributed by atoms with Crippen molar-refractivity contribution in [2.24, 2.45) is 0 Å². The summed E-state index contributed by atoms with van der Waals surface area (Å²) in [5, 5.41) is 12.2. The van der Waals surface area contributed by atoms with E-state index in [-0.39, 0.29) is 10.9 Å². The van der Waals surface area contributed by atoms with Crippen LogP contribution in [0.2, 0.25) is 0 Å². The molecule has 0 aliphatic rings. The topological polar surface area (TPSA) is 63.8 Å². The molecule has 0 aliphatic carbocycles. The van der Waals surface area contributed by atoms with Crippen LogP contribution in [-0.4, -0.2) is 35.5 Å². The molecule has 1 N–H and O–H groups in total. The standard InChI is InChI=1S/C19H14Cl2N4OS.W/c1-11(20)15(12(2)21)18-24-16(13-7-5-4-6-8-13)17(25(18)26)14-9-10-22-19(23-14)27-3;/h1,4-10,26H,2H2,3H3;/b15-11-;. The Morgan fingerprint density at radius 1 is 1.21 bits per heavy atom. The van der Waals surface area contributed by atoms with Gasteiger partial charge in [0.05, 0.1) is 0 Å². The van der Waals surface area contributed by atoms with E-state index in [1.807, 2.05) is 36.6 Å². The first kappa shape index (κ1) is 21.0. The molecule has 28 heavy (non-hydrogen) atoms. The van der Waals surface area contributed by atoms with Gasteiger partial charge in [-0.25, -0.2) is 0 Å². The number of imidazole rings is 1. The van der Waals surface area contributed by atoms with Crippen LogP contribution in [-0.2, 0) is 19.4 Å². The first-order valence-corrected chi connectivity index (χ1v) is 11.6. The normalized spacial score (nSPS) is 11.8. The molecule has 0 radical (unpaired) electrons. The van der Waals surface area contributed by atoms with Crippen LogP contribution < -0.4 is 0 Å². The maximum absolute atomic E-state index is 11.0. The van der Waals surface area contributed by atoms with Gasteiger partial charge in [0, 0.05) is 0 Å². The summed E-state index contributed by atoms with van der Waals surface area (Å²) >= 11 is 15.1. The zero-order chi connectivity index (χ0) is 20.3. The van der Waals surface area contributed by atoms with Gasteiger partial charge in [-0.15, -0.1) is 0 Å². The van der Waals surface area contributed by atoms with Gasteiger partial charge in [0.15, 0.2) is 0 Å². The van der Waals surface area contributed by atoms with E-state index >= 15 is 0 Å². The number of aromatic nitrogens is 4.